The smallest absolute Gasteiger partial charge is 0.345 e. The molecule has 6 heteroatoms. The third-order valence-electron chi connectivity index (χ3n) is 4.20. The van der Waals surface area contributed by atoms with Crippen molar-refractivity contribution in [1.82, 2.24) is 0 Å². The highest BCUT2D eigenvalue weighted by Crippen LogP contribution is 2.29. The van der Waals surface area contributed by atoms with E-state index in [1.807, 2.05) is 19.1 Å². The molecule has 0 aliphatic heterocycles. The lowest BCUT2D eigenvalue weighted by Gasteiger charge is -2.21. The van der Waals surface area contributed by atoms with Crippen LogP contribution < -0.4 is 9.04 Å². The molecular weight excluding hydrogens is 350 g/mol. The van der Waals surface area contributed by atoms with Gasteiger partial charge in [-0.15, -0.1) is 0 Å². The molecule has 5 nitrogen and oxygen atoms in total. The maximum absolute atomic E-state index is 12.7. The lowest BCUT2D eigenvalue weighted by atomic mass is 9.86. The van der Waals surface area contributed by atoms with Crippen molar-refractivity contribution >= 4 is 21.7 Å². The zero-order valence-electron chi connectivity index (χ0n) is 16.0. The molecule has 0 spiro atoms. The highest BCUT2D eigenvalue weighted by Gasteiger charge is 2.22. The first-order valence-electron chi connectivity index (χ1n) is 8.27. The maximum Gasteiger partial charge on any atom is 0.345 e. The van der Waals surface area contributed by atoms with Crippen LogP contribution in [-0.4, -0.2) is 27.7 Å². The molecule has 0 aliphatic rings. The molecule has 0 amide bonds. The molecule has 0 fully saturated rings. The van der Waals surface area contributed by atoms with E-state index in [0.717, 1.165) is 21.7 Å². The minimum absolute atomic E-state index is 0.00189. The fraction of sp³-hybridized carbons (Fsp3) is 0.350. The predicted octanol–water partition coefficient (Wildman–Crippen LogP) is 3.91. The van der Waals surface area contributed by atoms with Crippen LogP contribution in [0.15, 0.2) is 42.5 Å². The summed E-state index contributed by atoms with van der Waals surface area (Å²) in [6.07, 6.45) is 1.09. The first-order chi connectivity index (χ1) is 11.9. The standard InChI is InChI=1S/C20H25NO4S/c1-14-13-15(20(2,3)4)11-12-18(14)25-19(22)16-9-7-8-10-17(16)21(5)26(6,23)24/h7-13H,1-6H3. The van der Waals surface area contributed by atoms with Crippen LogP contribution in [0.25, 0.3) is 0 Å². The van der Waals surface area contributed by atoms with Gasteiger partial charge in [0.1, 0.15) is 5.75 Å². The van der Waals surface area contributed by atoms with Crippen molar-refractivity contribution in [2.75, 3.05) is 17.6 Å². The van der Waals surface area contributed by atoms with E-state index in [4.69, 9.17) is 4.74 Å². The van der Waals surface area contributed by atoms with Gasteiger partial charge in [-0.3, -0.25) is 4.31 Å². The lowest BCUT2D eigenvalue weighted by molar-refractivity contribution is 0.0734. The third-order valence-corrected chi connectivity index (χ3v) is 5.40. The molecule has 0 aliphatic carbocycles. The SMILES string of the molecule is Cc1cc(C(C)(C)C)ccc1OC(=O)c1ccccc1N(C)S(C)(=O)=O. The number of anilines is 1. The van der Waals surface area contributed by atoms with Gasteiger partial charge in [0.05, 0.1) is 17.5 Å². The van der Waals surface area contributed by atoms with Crippen LogP contribution in [0, 0.1) is 6.92 Å². The summed E-state index contributed by atoms with van der Waals surface area (Å²) in [5, 5.41) is 0. The lowest BCUT2D eigenvalue weighted by Crippen LogP contribution is -2.27. The van der Waals surface area contributed by atoms with E-state index in [0.29, 0.717) is 5.75 Å². The van der Waals surface area contributed by atoms with Crippen molar-refractivity contribution in [1.29, 1.82) is 0 Å². The van der Waals surface area contributed by atoms with E-state index in [9.17, 15) is 13.2 Å². The fourth-order valence-electron chi connectivity index (χ4n) is 2.48. The number of benzene rings is 2. The van der Waals surface area contributed by atoms with Crippen LogP contribution in [0.4, 0.5) is 5.69 Å². The quantitative estimate of drug-likeness (QED) is 0.600. The summed E-state index contributed by atoms with van der Waals surface area (Å²) in [6, 6.07) is 12.2. The van der Waals surface area contributed by atoms with Crippen molar-refractivity contribution in [3.8, 4) is 5.75 Å². The number of rotatable bonds is 4. The van der Waals surface area contributed by atoms with Gasteiger partial charge in [-0.05, 0) is 41.7 Å². The Morgan fingerprint density at radius 2 is 1.69 bits per heavy atom. The average Bonchev–Trinajstić information content (AvgIpc) is 2.54. The minimum Gasteiger partial charge on any atom is -0.423 e. The fourth-order valence-corrected chi connectivity index (χ4v) is 3.00. The minimum atomic E-state index is -3.49. The van der Waals surface area contributed by atoms with Gasteiger partial charge >= 0.3 is 5.97 Å². The van der Waals surface area contributed by atoms with E-state index >= 15 is 0 Å². The van der Waals surface area contributed by atoms with Crippen LogP contribution in [0.1, 0.15) is 42.3 Å². The third kappa shape index (κ3) is 4.43. The highest BCUT2D eigenvalue weighted by atomic mass is 32.2. The molecule has 0 unspecified atom stereocenters. The predicted molar refractivity (Wildman–Crippen MR) is 105 cm³/mol. The van der Waals surface area contributed by atoms with Crippen molar-refractivity contribution < 1.29 is 17.9 Å². The second-order valence-corrected chi connectivity index (χ2v) is 9.38. The number of hydrogen-bond donors (Lipinski definition) is 0. The molecule has 0 atom stereocenters. The highest BCUT2D eigenvalue weighted by molar-refractivity contribution is 7.92. The Bertz CT molecular complexity index is 927. The van der Waals surface area contributed by atoms with Crippen molar-refractivity contribution in [3.63, 3.8) is 0 Å². The van der Waals surface area contributed by atoms with E-state index in [-0.39, 0.29) is 16.7 Å². The Kier molecular flexibility index (Phi) is 5.47. The summed E-state index contributed by atoms with van der Waals surface area (Å²) in [5.41, 5.74) is 2.47. The molecule has 2 aromatic rings. The number of esters is 1. The van der Waals surface area contributed by atoms with Gasteiger partial charge < -0.3 is 4.74 Å². The Balaban J connectivity index is 2.35. The summed E-state index contributed by atoms with van der Waals surface area (Å²) in [6.45, 7) is 8.23. The van der Waals surface area contributed by atoms with Crippen LogP contribution in [0.2, 0.25) is 0 Å². The average molecular weight is 375 g/mol. The maximum atomic E-state index is 12.7. The summed E-state index contributed by atoms with van der Waals surface area (Å²) < 4.78 is 30.3. The van der Waals surface area contributed by atoms with Gasteiger partial charge in [0, 0.05) is 7.05 Å². The van der Waals surface area contributed by atoms with Crippen molar-refractivity contribution in [2.45, 2.75) is 33.1 Å². The topological polar surface area (TPSA) is 63.7 Å². The molecule has 0 saturated heterocycles. The van der Waals surface area contributed by atoms with Crippen LogP contribution in [0.5, 0.6) is 5.75 Å². The number of carbonyl (C=O) groups excluding carboxylic acids is 1. The van der Waals surface area contributed by atoms with E-state index < -0.39 is 16.0 Å². The summed E-state index contributed by atoms with van der Waals surface area (Å²) >= 11 is 0. The van der Waals surface area contributed by atoms with Crippen LogP contribution in [-0.2, 0) is 15.4 Å². The molecule has 26 heavy (non-hydrogen) atoms. The van der Waals surface area contributed by atoms with Crippen LogP contribution in [0.3, 0.4) is 0 Å². The summed E-state index contributed by atoms with van der Waals surface area (Å²) in [5.74, 6) is -0.137. The molecule has 0 bridgehead atoms. The Morgan fingerprint density at radius 1 is 1.08 bits per heavy atom. The Hall–Kier alpha value is -2.34. The molecule has 0 saturated carbocycles. The van der Waals surface area contributed by atoms with Crippen molar-refractivity contribution in [2.24, 2.45) is 0 Å². The summed E-state index contributed by atoms with van der Waals surface area (Å²) in [4.78, 5) is 12.7. The Morgan fingerprint density at radius 3 is 2.23 bits per heavy atom. The van der Waals surface area contributed by atoms with Gasteiger partial charge in [-0.1, -0.05) is 45.0 Å². The number of aryl methyl sites for hydroxylation is 1. The first kappa shape index (κ1) is 20.0. The van der Waals surface area contributed by atoms with Gasteiger partial charge in [0.25, 0.3) is 0 Å². The van der Waals surface area contributed by atoms with E-state index in [2.05, 4.69) is 20.8 Å². The molecule has 0 aromatic heterocycles. The molecule has 140 valence electrons. The van der Waals surface area contributed by atoms with Crippen LogP contribution >= 0.6 is 0 Å². The molecule has 0 radical (unpaired) electrons. The molecule has 2 rings (SSSR count). The number of carbonyl (C=O) groups is 1. The monoisotopic (exact) mass is 375 g/mol. The number of ether oxygens (including phenoxy) is 1. The van der Waals surface area contributed by atoms with Gasteiger partial charge in [-0.2, -0.15) is 0 Å². The second-order valence-electron chi connectivity index (χ2n) is 7.37. The van der Waals surface area contributed by atoms with Gasteiger partial charge in [0.15, 0.2) is 0 Å². The Labute approximate surface area is 155 Å². The molecule has 2 aromatic carbocycles. The zero-order valence-corrected chi connectivity index (χ0v) is 16.8. The van der Waals surface area contributed by atoms with E-state index in [1.54, 1.807) is 30.3 Å². The number of sulfonamides is 1. The zero-order chi connectivity index (χ0) is 19.7. The first-order valence-corrected chi connectivity index (χ1v) is 10.1. The normalized spacial score (nSPS) is 11.9. The molecule has 0 heterocycles. The number of nitrogens with zero attached hydrogens (tertiary/aromatic N) is 1. The molecular formula is C20H25NO4S. The number of para-hydroxylation sites is 1. The summed E-state index contributed by atoms with van der Waals surface area (Å²) in [7, 11) is -2.08. The van der Waals surface area contributed by atoms with Gasteiger partial charge in [0.2, 0.25) is 10.0 Å². The second kappa shape index (κ2) is 7.11. The van der Waals surface area contributed by atoms with E-state index in [1.165, 1.54) is 7.05 Å². The van der Waals surface area contributed by atoms with Crippen molar-refractivity contribution in [3.05, 3.63) is 59.2 Å². The number of hydrogen-bond acceptors (Lipinski definition) is 4. The molecule has 0 N–H and O–H groups in total. The largest absolute Gasteiger partial charge is 0.423 e. The van der Waals surface area contributed by atoms with Gasteiger partial charge in [-0.25, -0.2) is 13.2 Å².